The SMILES string of the molecule is COc1ccc(C2=NN(S(=O)(=O)c3cccc(C)c3)CC2)cc1. The summed E-state index contributed by atoms with van der Waals surface area (Å²) in [6.07, 6.45) is 0.595. The van der Waals surface area contributed by atoms with E-state index in [9.17, 15) is 8.42 Å². The molecule has 120 valence electrons. The first-order valence-electron chi connectivity index (χ1n) is 7.32. The molecule has 0 saturated heterocycles. The summed E-state index contributed by atoms with van der Waals surface area (Å²) < 4.78 is 31.6. The maximum atomic E-state index is 12.7. The van der Waals surface area contributed by atoms with Crippen molar-refractivity contribution in [3.63, 3.8) is 0 Å². The predicted molar refractivity (Wildman–Crippen MR) is 89.2 cm³/mol. The Morgan fingerprint density at radius 3 is 2.52 bits per heavy atom. The molecule has 0 N–H and O–H groups in total. The first-order chi connectivity index (χ1) is 11.0. The zero-order valence-corrected chi connectivity index (χ0v) is 13.9. The molecular formula is C17H18N2O3S. The zero-order valence-electron chi connectivity index (χ0n) is 13.1. The van der Waals surface area contributed by atoms with E-state index in [-0.39, 0.29) is 4.90 Å². The number of aryl methyl sites for hydroxylation is 1. The number of hydrogen-bond acceptors (Lipinski definition) is 4. The average molecular weight is 330 g/mol. The summed E-state index contributed by atoms with van der Waals surface area (Å²) in [5.41, 5.74) is 2.58. The van der Waals surface area contributed by atoms with E-state index in [2.05, 4.69) is 5.10 Å². The molecule has 1 aliphatic rings. The van der Waals surface area contributed by atoms with E-state index >= 15 is 0 Å². The molecule has 0 saturated carbocycles. The van der Waals surface area contributed by atoms with Crippen molar-refractivity contribution in [2.45, 2.75) is 18.2 Å². The summed E-state index contributed by atoms with van der Waals surface area (Å²) in [6.45, 7) is 2.23. The van der Waals surface area contributed by atoms with Gasteiger partial charge in [0.05, 0.1) is 24.3 Å². The molecule has 0 aromatic heterocycles. The summed E-state index contributed by atoms with van der Waals surface area (Å²) in [6, 6.07) is 14.3. The predicted octanol–water partition coefficient (Wildman–Crippen LogP) is 2.80. The van der Waals surface area contributed by atoms with Gasteiger partial charge in [-0.25, -0.2) is 0 Å². The molecule has 0 fully saturated rings. The molecule has 5 nitrogen and oxygen atoms in total. The molecule has 0 unspecified atom stereocenters. The number of hydrogen-bond donors (Lipinski definition) is 0. The Morgan fingerprint density at radius 1 is 1.13 bits per heavy atom. The highest BCUT2D eigenvalue weighted by molar-refractivity contribution is 7.89. The van der Waals surface area contributed by atoms with Gasteiger partial charge in [-0.05, 0) is 54.4 Å². The standard InChI is InChI=1S/C17H18N2O3S/c1-13-4-3-5-16(12-13)23(20,21)19-11-10-17(18-19)14-6-8-15(22-2)9-7-14/h3-9,12H,10-11H2,1-2H3. The lowest BCUT2D eigenvalue weighted by Gasteiger charge is -2.14. The van der Waals surface area contributed by atoms with E-state index in [1.165, 1.54) is 4.41 Å². The summed E-state index contributed by atoms with van der Waals surface area (Å²) in [5, 5.41) is 4.31. The van der Waals surface area contributed by atoms with Crippen LogP contribution < -0.4 is 4.74 Å². The van der Waals surface area contributed by atoms with E-state index in [0.29, 0.717) is 13.0 Å². The van der Waals surface area contributed by atoms with Crippen LogP contribution in [0.2, 0.25) is 0 Å². The van der Waals surface area contributed by atoms with Crippen molar-refractivity contribution in [3.05, 3.63) is 59.7 Å². The number of benzene rings is 2. The summed E-state index contributed by atoms with van der Waals surface area (Å²) >= 11 is 0. The summed E-state index contributed by atoms with van der Waals surface area (Å²) in [7, 11) is -1.98. The van der Waals surface area contributed by atoms with Gasteiger partial charge < -0.3 is 4.74 Å². The first-order valence-corrected chi connectivity index (χ1v) is 8.76. The molecule has 0 atom stereocenters. The Morgan fingerprint density at radius 2 is 1.87 bits per heavy atom. The zero-order chi connectivity index (χ0) is 16.4. The highest BCUT2D eigenvalue weighted by Crippen LogP contribution is 2.23. The van der Waals surface area contributed by atoms with Crippen molar-refractivity contribution in [3.8, 4) is 5.75 Å². The van der Waals surface area contributed by atoms with Crippen molar-refractivity contribution in [1.29, 1.82) is 0 Å². The smallest absolute Gasteiger partial charge is 0.279 e. The van der Waals surface area contributed by atoms with Gasteiger partial charge in [-0.2, -0.15) is 17.9 Å². The van der Waals surface area contributed by atoms with E-state index in [0.717, 1.165) is 22.6 Å². The normalized spacial score (nSPS) is 14.7. The lowest BCUT2D eigenvalue weighted by Crippen LogP contribution is -2.23. The lowest BCUT2D eigenvalue weighted by molar-refractivity contribution is 0.415. The van der Waals surface area contributed by atoms with Gasteiger partial charge in [0, 0.05) is 6.42 Å². The van der Waals surface area contributed by atoms with E-state index < -0.39 is 10.0 Å². The highest BCUT2D eigenvalue weighted by atomic mass is 32.2. The van der Waals surface area contributed by atoms with Crippen LogP contribution in [0.15, 0.2) is 58.5 Å². The molecule has 2 aromatic rings. The molecule has 0 bridgehead atoms. The number of rotatable bonds is 4. The third kappa shape index (κ3) is 3.07. The number of nitrogens with zero attached hydrogens (tertiary/aromatic N) is 2. The Balaban J connectivity index is 1.89. The molecule has 3 rings (SSSR count). The monoisotopic (exact) mass is 330 g/mol. The van der Waals surface area contributed by atoms with Gasteiger partial charge >= 0.3 is 0 Å². The minimum Gasteiger partial charge on any atom is -0.497 e. The molecule has 1 aliphatic heterocycles. The maximum Gasteiger partial charge on any atom is 0.279 e. The van der Waals surface area contributed by atoms with Crippen molar-refractivity contribution < 1.29 is 13.2 Å². The molecule has 1 heterocycles. The van der Waals surface area contributed by atoms with Gasteiger partial charge in [0.2, 0.25) is 0 Å². The fourth-order valence-corrected chi connectivity index (χ4v) is 3.86. The number of ether oxygens (including phenoxy) is 1. The second-order valence-corrected chi connectivity index (χ2v) is 7.24. The van der Waals surface area contributed by atoms with Gasteiger partial charge in [0.1, 0.15) is 5.75 Å². The largest absolute Gasteiger partial charge is 0.497 e. The molecule has 0 amide bonds. The van der Waals surface area contributed by atoms with Crippen LogP contribution in [0, 0.1) is 6.92 Å². The minimum atomic E-state index is -3.59. The van der Waals surface area contributed by atoms with Gasteiger partial charge in [-0.3, -0.25) is 0 Å². The van der Waals surface area contributed by atoms with Gasteiger partial charge in [0.15, 0.2) is 0 Å². The van der Waals surface area contributed by atoms with Crippen LogP contribution in [-0.2, 0) is 10.0 Å². The number of hydrazone groups is 1. The van der Waals surface area contributed by atoms with Crippen LogP contribution in [0.5, 0.6) is 5.75 Å². The van der Waals surface area contributed by atoms with Crippen LogP contribution in [0.25, 0.3) is 0 Å². The molecule has 0 aliphatic carbocycles. The second-order valence-electron chi connectivity index (χ2n) is 5.39. The molecule has 0 spiro atoms. The Bertz CT molecular complexity index is 842. The van der Waals surface area contributed by atoms with Gasteiger partial charge in [0.25, 0.3) is 10.0 Å². The molecule has 23 heavy (non-hydrogen) atoms. The van der Waals surface area contributed by atoms with Crippen molar-refractivity contribution in [1.82, 2.24) is 4.41 Å². The number of methoxy groups -OCH3 is 1. The Labute approximate surface area is 136 Å². The third-order valence-corrected chi connectivity index (χ3v) is 5.43. The number of sulfonamides is 1. The molecule has 0 radical (unpaired) electrons. The van der Waals surface area contributed by atoms with Crippen LogP contribution in [0.4, 0.5) is 0 Å². The van der Waals surface area contributed by atoms with Crippen LogP contribution >= 0.6 is 0 Å². The van der Waals surface area contributed by atoms with Crippen molar-refractivity contribution in [2.75, 3.05) is 13.7 Å². The Kier molecular flexibility index (Phi) is 4.09. The van der Waals surface area contributed by atoms with Crippen molar-refractivity contribution in [2.24, 2.45) is 5.10 Å². The fraction of sp³-hybridized carbons (Fsp3) is 0.235. The summed E-state index contributed by atoms with van der Waals surface area (Å²) in [5.74, 6) is 0.761. The molecular weight excluding hydrogens is 312 g/mol. The van der Waals surface area contributed by atoms with Crippen LogP contribution in [0.1, 0.15) is 17.5 Å². The molecule has 6 heteroatoms. The topological polar surface area (TPSA) is 59.0 Å². The van der Waals surface area contributed by atoms with Crippen molar-refractivity contribution >= 4 is 15.7 Å². The van der Waals surface area contributed by atoms with E-state index in [1.54, 1.807) is 25.3 Å². The van der Waals surface area contributed by atoms with Crippen LogP contribution in [0.3, 0.4) is 0 Å². The Hall–Kier alpha value is -2.34. The van der Waals surface area contributed by atoms with Crippen LogP contribution in [-0.4, -0.2) is 32.2 Å². The third-order valence-electron chi connectivity index (χ3n) is 3.76. The molecule has 2 aromatic carbocycles. The minimum absolute atomic E-state index is 0.275. The maximum absolute atomic E-state index is 12.7. The average Bonchev–Trinajstić information content (AvgIpc) is 3.06. The highest BCUT2D eigenvalue weighted by Gasteiger charge is 2.28. The van der Waals surface area contributed by atoms with Gasteiger partial charge in [-0.1, -0.05) is 12.1 Å². The lowest BCUT2D eigenvalue weighted by atomic mass is 10.1. The quantitative estimate of drug-likeness (QED) is 0.866. The van der Waals surface area contributed by atoms with E-state index in [1.807, 2.05) is 37.3 Å². The second kappa shape index (κ2) is 6.04. The summed E-state index contributed by atoms with van der Waals surface area (Å²) in [4.78, 5) is 0.275. The first kappa shape index (κ1) is 15.6. The van der Waals surface area contributed by atoms with E-state index in [4.69, 9.17) is 4.74 Å². The van der Waals surface area contributed by atoms with Gasteiger partial charge in [-0.15, -0.1) is 0 Å². The fourth-order valence-electron chi connectivity index (χ4n) is 2.49.